The zero-order chi connectivity index (χ0) is 23.5. The van der Waals surface area contributed by atoms with E-state index in [-0.39, 0.29) is 6.42 Å². The number of aliphatic carboxylic acids is 1. The quantitative estimate of drug-likeness (QED) is 0.475. The number of ether oxygens (including phenoxy) is 1. The summed E-state index contributed by atoms with van der Waals surface area (Å²) < 4.78 is 6.15. The third kappa shape index (κ3) is 5.10. The van der Waals surface area contributed by atoms with Crippen LogP contribution in [0.3, 0.4) is 0 Å². The number of anilines is 1. The maximum atomic E-state index is 11.3. The molecule has 1 heterocycles. The lowest BCUT2D eigenvalue weighted by Crippen LogP contribution is -2.36. The van der Waals surface area contributed by atoms with Crippen LogP contribution in [0, 0.1) is 5.41 Å². The van der Waals surface area contributed by atoms with Gasteiger partial charge in [-0.15, -0.1) is 0 Å². The van der Waals surface area contributed by atoms with Crippen LogP contribution in [0.1, 0.15) is 42.4 Å². The molecule has 2 aliphatic rings. The van der Waals surface area contributed by atoms with Crippen LogP contribution in [0.4, 0.5) is 5.69 Å². The largest absolute Gasteiger partial charge is 0.489 e. The van der Waals surface area contributed by atoms with Gasteiger partial charge in [0.05, 0.1) is 6.42 Å². The van der Waals surface area contributed by atoms with Gasteiger partial charge in [0.25, 0.3) is 0 Å². The number of piperidine rings is 1. The molecule has 1 saturated heterocycles. The molecule has 1 spiro atoms. The minimum atomic E-state index is -0.862. The smallest absolute Gasteiger partial charge is 0.307 e. The van der Waals surface area contributed by atoms with Crippen molar-refractivity contribution in [1.82, 2.24) is 0 Å². The minimum Gasteiger partial charge on any atom is -0.489 e. The monoisotopic (exact) mass is 456 g/mol. The molecule has 1 aliphatic carbocycles. The maximum absolute atomic E-state index is 11.3. The van der Waals surface area contributed by atoms with E-state index < -0.39 is 5.97 Å². The summed E-state index contributed by atoms with van der Waals surface area (Å²) in [6.07, 6.45) is 5.22. The first-order chi connectivity index (χ1) is 16.5. The average Bonchev–Trinajstić information content (AvgIpc) is 3.61. The van der Waals surface area contributed by atoms with E-state index in [9.17, 15) is 9.90 Å². The number of nitrogens with two attached hydrogens (primary N) is 1. The van der Waals surface area contributed by atoms with Crippen LogP contribution >= 0.6 is 0 Å². The Kier molecular flexibility index (Phi) is 6.29. The van der Waals surface area contributed by atoms with Crippen molar-refractivity contribution in [1.29, 1.82) is 0 Å². The summed E-state index contributed by atoms with van der Waals surface area (Å²) in [5.74, 6) is -0.240. The van der Waals surface area contributed by atoms with Gasteiger partial charge < -0.3 is 20.5 Å². The van der Waals surface area contributed by atoms with Crippen molar-refractivity contribution in [3.8, 4) is 16.9 Å². The second-order valence-electron chi connectivity index (χ2n) is 9.78. The molecule has 2 fully saturated rings. The zero-order valence-corrected chi connectivity index (χ0v) is 19.5. The Morgan fingerprint density at radius 3 is 2.59 bits per heavy atom. The third-order valence-corrected chi connectivity index (χ3v) is 7.17. The van der Waals surface area contributed by atoms with Gasteiger partial charge in [0.15, 0.2) is 0 Å². The summed E-state index contributed by atoms with van der Waals surface area (Å²) in [4.78, 5) is 13.8. The number of para-hydroxylation sites is 1. The van der Waals surface area contributed by atoms with Crippen molar-refractivity contribution in [3.05, 3.63) is 83.4 Å². The number of benzene rings is 3. The molecule has 5 heteroatoms. The number of hydrogen-bond acceptors (Lipinski definition) is 4. The molecule has 3 aromatic carbocycles. The van der Waals surface area contributed by atoms with Crippen molar-refractivity contribution < 1.29 is 14.6 Å². The summed E-state index contributed by atoms with van der Waals surface area (Å²) in [6.45, 7) is 3.10. The van der Waals surface area contributed by atoms with Crippen LogP contribution in [-0.2, 0) is 24.4 Å². The maximum Gasteiger partial charge on any atom is 0.307 e. The van der Waals surface area contributed by atoms with Crippen molar-refractivity contribution >= 4 is 11.7 Å². The summed E-state index contributed by atoms with van der Waals surface area (Å²) in [6, 6.07) is 22.5. The van der Waals surface area contributed by atoms with Gasteiger partial charge in [-0.1, -0.05) is 36.4 Å². The standard InChI is InChI=1S/C29H32N2O3/c30-18-21-5-3-7-23(13-21)25-14-22(19-34-27-8-2-1-6-24(27)17-28(32)33)15-26(16-25)31-12-4-9-29(20-31)10-11-29/h1-3,5-8,13-16H,4,9-12,17-20,30H2,(H,32,33). The Labute approximate surface area is 201 Å². The Morgan fingerprint density at radius 1 is 0.971 bits per heavy atom. The molecule has 5 nitrogen and oxygen atoms in total. The van der Waals surface area contributed by atoms with Crippen LogP contribution < -0.4 is 15.4 Å². The van der Waals surface area contributed by atoms with Crippen molar-refractivity contribution in [2.75, 3.05) is 18.0 Å². The number of carbonyl (C=O) groups is 1. The molecule has 1 saturated carbocycles. The number of nitrogens with zero attached hydrogens (tertiary/aromatic N) is 1. The lowest BCUT2D eigenvalue weighted by atomic mass is 9.93. The highest BCUT2D eigenvalue weighted by Gasteiger charge is 2.45. The van der Waals surface area contributed by atoms with Gasteiger partial charge in [0.1, 0.15) is 12.4 Å². The topological polar surface area (TPSA) is 75.8 Å². The second kappa shape index (κ2) is 9.51. The summed E-state index contributed by atoms with van der Waals surface area (Å²) >= 11 is 0. The van der Waals surface area contributed by atoms with Crippen LogP contribution in [-0.4, -0.2) is 24.2 Å². The Hall–Kier alpha value is -3.31. The molecule has 3 N–H and O–H groups in total. The molecular formula is C29H32N2O3. The lowest BCUT2D eigenvalue weighted by molar-refractivity contribution is -0.136. The van der Waals surface area contributed by atoms with Gasteiger partial charge in [0.2, 0.25) is 0 Å². The number of rotatable bonds is 8. The Balaban J connectivity index is 1.46. The molecule has 34 heavy (non-hydrogen) atoms. The fourth-order valence-corrected chi connectivity index (χ4v) is 5.11. The van der Waals surface area contributed by atoms with Gasteiger partial charge >= 0.3 is 5.97 Å². The van der Waals surface area contributed by atoms with Crippen molar-refractivity contribution in [2.45, 2.75) is 45.3 Å². The molecule has 0 amide bonds. The summed E-state index contributed by atoms with van der Waals surface area (Å²) in [5.41, 5.74) is 12.8. The predicted octanol–water partition coefficient (Wildman–Crippen LogP) is 5.40. The van der Waals surface area contributed by atoms with Gasteiger partial charge in [0, 0.05) is 30.9 Å². The first-order valence-corrected chi connectivity index (χ1v) is 12.1. The van der Waals surface area contributed by atoms with Crippen LogP contribution in [0.25, 0.3) is 11.1 Å². The lowest BCUT2D eigenvalue weighted by Gasteiger charge is -2.35. The van der Waals surface area contributed by atoms with E-state index in [1.54, 1.807) is 0 Å². The molecule has 0 aromatic heterocycles. The SMILES string of the molecule is NCc1cccc(-c2cc(COc3ccccc3CC(=O)O)cc(N3CCCC4(CC4)C3)c2)c1. The Bertz CT molecular complexity index is 1190. The first kappa shape index (κ1) is 22.5. The molecule has 176 valence electrons. The van der Waals surface area contributed by atoms with Gasteiger partial charge in [-0.3, -0.25) is 4.79 Å². The highest BCUT2D eigenvalue weighted by atomic mass is 16.5. The van der Waals surface area contributed by atoms with Gasteiger partial charge in [-0.2, -0.15) is 0 Å². The van der Waals surface area contributed by atoms with E-state index in [0.717, 1.165) is 35.3 Å². The number of carboxylic acids is 1. The van der Waals surface area contributed by atoms with E-state index in [1.165, 1.54) is 31.4 Å². The molecule has 3 aromatic rings. The third-order valence-electron chi connectivity index (χ3n) is 7.17. The van der Waals surface area contributed by atoms with Crippen LogP contribution in [0.2, 0.25) is 0 Å². The van der Waals surface area contributed by atoms with E-state index in [0.29, 0.717) is 29.9 Å². The molecule has 1 aliphatic heterocycles. The first-order valence-electron chi connectivity index (χ1n) is 12.1. The average molecular weight is 457 g/mol. The normalized spacial score (nSPS) is 16.4. The van der Waals surface area contributed by atoms with E-state index >= 15 is 0 Å². The highest BCUT2D eigenvalue weighted by molar-refractivity contribution is 5.72. The molecule has 0 atom stereocenters. The van der Waals surface area contributed by atoms with Crippen molar-refractivity contribution in [3.63, 3.8) is 0 Å². The predicted molar refractivity (Wildman–Crippen MR) is 135 cm³/mol. The van der Waals surface area contributed by atoms with Gasteiger partial charge in [-0.25, -0.2) is 0 Å². The fourth-order valence-electron chi connectivity index (χ4n) is 5.11. The fraction of sp³-hybridized carbons (Fsp3) is 0.345. The molecule has 0 unspecified atom stereocenters. The van der Waals surface area contributed by atoms with Crippen LogP contribution in [0.15, 0.2) is 66.7 Å². The highest BCUT2D eigenvalue weighted by Crippen LogP contribution is 2.52. The molecule has 0 bridgehead atoms. The van der Waals surface area contributed by atoms with E-state index in [4.69, 9.17) is 10.5 Å². The second-order valence-corrected chi connectivity index (χ2v) is 9.78. The molecule has 0 radical (unpaired) electrons. The Morgan fingerprint density at radius 2 is 1.79 bits per heavy atom. The number of hydrogen-bond donors (Lipinski definition) is 2. The number of carboxylic acid groups (broad SMARTS) is 1. The molecular weight excluding hydrogens is 424 g/mol. The van der Waals surface area contributed by atoms with E-state index in [2.05, 4.69) is 47.4 Å². The molecule has 5 rings (SSSR count). The van der Waals surface area contributed by atoms with Gasteiger partial charge in [-0.05, 0) is 83.7 Å². The minimum absolute atomic E-state index is 0.0524. The summed E-state index contributed by atoms with van der Waals surface area (Å²) in [5, 5.41) is 9.24. The van der Waals surface area contributed by atoms with Crippen molar-refractivity contribution in [2.24, 2.45) is 11.1 Å². The zero-order valence-electron chi connectivity index (χ0n) is 19.5. The van der Waals surface area contributed by atoms with Crippen LogP contribution in [0.5, 0.6) is 5.75 Å². The summed E-state index contributed by atoms with van der Waals surface area (Å²) in [7, 11) is 0. The van der Waals surface area contributed by atoms with E-state index in [1.807, 2.05) is 24.3 Å².